The highest BCUT2D eigenvalue weighted by Crippen LogP contribution is 2.37. The Morgan fingerprint density at radius 3 is 2.46 bits per heavy atom. The van der Waals surface area contributed by atoms with E-state index in [2.05, 4.69) is 22.5 Å². The molecular weight excluding hydrogens is 544 g/mol. The number of thiophene rings is 1. The Morgan fingerprint density at radius 1 is 1.13 bits per heavy atom. The Labute approximate surface area is 232 Å². The first-order chi connectivity index (χ1) is 18.5. The molecule has 2 aromatic rings. The number of fused-ring (bicyclic) bond motifs is 1. The maximum atomic E-state index is 13.2. The van der Waals surface area contributed by atoms with Crippen molar-refractivity contribution >= 4 is 44.3 Å². The monoisotopic (exact) mass is 578 g/mol. The van der Waals surface area contributed by atoms with Gasteiger partial charge in [0.25, 0.3) is 11.8 Å². The molecule has 0 bridgehead atoms. The highest BCUT2D eigenvalue weighted by Gasteiger charge is 2.42. The maximum absolute atomic E-state index is 13.2. The molecule has 0 saturated carbocycles. The molecule has 4 rings (SSSR count). The van der Waals surface area contributed by atoms with Crippen molar-refractivity contribution in [3.63, 3.8) is 0 Å². The van der Waals surface area contributed by atoms with Crippen molar-refractivity contribution in [3.8, 4) is 0 Å². The lowest BCUT2D eigenvalue weighted by Gasteiger charge is -2.28. The molecule has 0 aliphatic carbocycles. The van der Waals surface area contributed by atoms with Crippen molar-refractivity contribution in [2.75, 3.05) is 38.4 Å². The van der Waals surface area contributed by atoms with E-state index < -0.39 is 33.5 Å². The molecule has 0 radical (unpaired) electrons. The molecule has 212 valence electrons. The predicted molar refractivity (Wildman–Crippen MR) is 146 cm³/mol. The van der Waals surface area contributed by atoms with Gasteiger partial charge < -0.3 is 14.8 Å². The topological polar surface area (TPSA) is 134 Å². The van der Waals surface area contributed by atoms with Crippen molar-refractivity contribution in [1.29, 1.82) is 0 Å². The van der Waals surface area contributed by atoms with Gasteiger partial charge in [-0.05, 0) is 70.0 Å². The lowest BCUT2D eigenvalue weighted by Crippen LogP contribution is -2.44. The first-order valence-corrected chi connectivity index (χ1v) is 15.1. The van der Waals surface area contributed by atoms with Gasteiger partial charge in [-0.15, -0.1) is 11.3 Å². The molecule has 0 atom stereocenters. The highest BCUT2D eigenvalue weighted by molar-refractivity contribution is 7.89. The molecule has 1 aromatic carbocycles. The summed E-state index contributed by atoms with van der Waals surface area (Å²) < 4.78 is 37.7. The molecule has 39 heavy (non-hydrogen) atoms. The summed E-state index contributed by atoms with van der Waals surface area (Å²) in [6.45, 7) is 10.0. The Bertz CT molecular complexity index is 1350. The molecule has 1 aromatic heterocycles. The molecule has 0 unspecified atom stereocenters. The van der Waals surface area contributed by atoms with Crippen molar-refractivity contribution in [3.05, 3.63) is 45.8 Å². The minimum atomic E-state index is -3.82. The molecule has 2 aliphatic rings. The lowest BCUT2D eigenvalue weighted by molar-refractivity contribution is 0.0924. The first kappa shape index (κ1) is 29.2. The molecule has 3 amide bonds. The molecule has 0 spiro atoms. The van der Waals surface area contributed by atoms with E-state index in [0.29, 0.717) is 24.6 Å². The van der Waals surface area contributed by atoms with E-state index in [4.69, 9.17) is 9.47 Å². The zero-order valence-corrected chi connectivity index (χ0v) is 24.2. The van der Waals surface area contributed by atoms with Gasteiger partial charge in [-0.2, -0.15) is 4.31 Å². The highest BCUT2D eigenvalue weighted by atomic mass is 32.2. The molecule has 1 fully saturated rings. The van der Waals surface area contributed by atoms with Crippen LogP contribution in [-0.2, 0) is 32.5 Å². The number of amides is 3. The third-order valence-electron chi connectivity index (χ3n) is 6.66. The number of nitrogens with one attached hydrogen (secondary N) is 2. The van der Waals surface area contributed by atoms with Crippen LogP contribution in [0.1, 0.15) is 65.3 Å². The third-order valence-corrected chi connectivity index (χ3v) is 9.84. The van der Waals surface area contributed by atoms with Gasteiger partial charge in [-0.1, -0.05) is 6.92 Å². The Balaban J connectivity index is 1.58. The third kappa shape index (κ3) is 6.17. The van der Waals surface area contributed by atoms with Crippen LogP contribution in [0.15, 0.2) is 29.2 Å². The second-order valence-corrected chi connectivity index (χ2v) is 13.0. The predicted octanol–water partition coefficient (Wildman–Crippen LogP) is 3.41. The average Bonchev–Trinajstić information content (AvgIpc) is 3.43. The van der Waals surface area contributed by atoms with Crippen LogP contribution < -0.4 is 10.6 Å². The number of alkyl carbamates (subject to hydrolysis) is 1. The number of hydrogen-bond donors (Lipinski definition) is 2. The van der Waals surface area contributed by atoms with Gasteiger partial charge in [0.15, 0.2) is 0 Å². The summed E-state index contributed by atoms with van der Waals surface area (Å²) in [4.78, 5) is 41.5. The van der Waals surface area contributed by atoms with Crippen molar-refractivity contribution in [2.45, 2.75) is 57.5 Å². The Hall–Kier alpha value is -2.84. The minimum absolute atomic E-state index is 0.0348. The van der Waals surface area contributed by atoms with E-state index in [0.717, 1.165) is 30.0 Å². The summed E-state index contributed by atoms with van der Waals surface area (Å²) in [5.74, 6) is -1.14. The zero-order chi connectivity index (χ0) is 28.4. The number of hydrogen-bond acceptors (Lipinski definition) is 9. The van der Waals surface area contributed by atoms with Crippen LogP contribution in [0.3, 0.4) is 0 Å². The van der Waals surface area contributed by atoms with Crippen LogP contribution in [0.5, 0.6) is 0 Å². The van der Waals surface area contributed by atoms with Crippen LogP contribution in [-0.4, -0.2) is 74.1 Å². The van der Waals surface area contributed by atoms with Gasteiger partial charge >= 0.3 is 6.09 Å². The second-order valence-electron chi connectivity index (χ2n) is 10.0. The van der Waals surface area contributed by atoms with E-state index in [1.807, 2.05) is 0 Å². The fourth-order valence-corrected chi connectivity index (χ4v) is 7.65. The van der Waals surface area contributed by atoms with Crippen LogP contribution >= 0.6 is 11.3 Å². The van der Waals surface area contributed by atoms with E-state index in [1.54, 1.807) is 20.8 Å². The summed E-state index contributed by atoms with van der Waals surface area (Å²) in [6, 6.07) is 5.63. The molecule has 1 saturated heterocycles. The number of sulfonamides is 1. The molecule has 13 heteroatoms. The summed E-state index contributed by atoms with van der Waals surface area (Å²) in [5, 5.41) is 5.38. The van der Waals surface area contributed by atoms with E-state index in [9.17, 15) is 22.8 Å². The molecule has 2 aliphatic heterocycles. The van der Waals surface area contributed by atoms with Gasteiger partial charge in [0.05, 0.1) is 29.2 Å². The normalized spacial score (nSPS) is 17.4. The molecular formula is C26H34N4O7S2. The summed E-state index contributed by atoms with van der Waals surface area (Å²) in [6.07, 6.45) is 0.747. The number of rotatable bonds is 8. The number of imide groups is 1. The van der Waals surface area contributed by atoms with E-state index >= 15 is 0 Å². The van der Waals surface area contributed by atoms with Crippen LogP contribution in [0.2, 0.25) is 0 Å². The summed E-state index contributed by atoms with van der Waals surface area (Å²) >= 11 is 1.30. The van der Waals surface area contributed by atoms with Crippen molar-refractivity contribution < 1.29 is 32.3 Å². The van der Waals surface area contributed by atoms with Gasteiger partial charge in [0.1, 0.15) is 11.7 Å². The van der Waals surface area contributed by atoms with Gasteiger partial charge in [-0.3, -0.25) is 19.8 Å². The fourth-order valence-electron chi connectivity index (χ4n) is 4.71. The van der Waals surface area contributed by atoms with Gasteiger partial charge in [0, 0.05) is 23.5 Å². The average molecular weight is 579 g/mol. The van der Waals surface area contributed by atoms with Crippen LogP contribution in [0.25, 0.3) is 0 Å². The Kier molecular flexibility index (Phi) is 8.76. The molecule has 11 nitrogen and oxygen atoms in total. The minimum Gasteiger partial charge on any atom is -0.450 e. The number of carbonyl (C=O) groups excluding carboxylic acids is 3. The number of benzene rings is 1. The quantitative estimate of drug-likeness (QED) is 0.487. The lowest BCUT2D eigenvalue weighted by atomic mass is 10.0. The standard InChI is InChI=1S/C26H34N4O7S2/c1-5-12-29-13-11-19-20(14-29)38-24(21(19)23(32)28-25(33)37-6-2)27-22(31)17-7-9-18(10-8-17)39(34,35)30-16-36-15-26(30,3)4/h7-10H,5-6,11-16H2,1-4H3,(H,27,31)(H,28,32,33). The van der Waals surface area contributed by atoms with E-state index in [1.165, 1.54) is 39.9 Å². The number of nitrogens with zero attached hydrogens (tertiary/aromatic N) is 2. The largest absolute Gasteiger partial charge is 0.450 e. The fraction of sp³-hybridized carbons (Fsp3) is 0.500. The summed E-state index contributed by atoms with van der Waals surface area (Å²) in [5.41, 5.74) is 0.603. The Morgan fingerprint density at radius 2 is 1.85 bits per heavy atom. The maximum Gasteiger partial charge on any atom is 0.414 e. The second kappa shape index (κ2) is 11.7. The molecule has 2 N–H and O–H groups in total. The zero-order valence-electron chi connectivity index (χ0n) is 22.5. The first-order valence-electron chi connectivity index (χ1n) is 12.8. The summed E-state index contributed by atoms with van der Waals surface area (Å²) in [7, 11) is -3.82. The smallest absolute Gasteiger partial charge is 0.414 e. The van der Waals surface area contributed by atoms with Crippen LogP contribution in [0.4, 0.5) is 9.80 Å². The number of anilines is 1. The number of ether oxygens (including phenoxy) is 2. The van der Waals surface area contributed by atoms with Crippen molar-refractivity contribution in [1.82, 2.24) is 14.5 Å². The van der Waals surface area contributed by atoms with Crippen molar-refractivity contribution in [2.24, 2.45) is 0 Å². The van der Waals surface area contributed by atoms with Gasteiger partial charge in [0.2, 0.25) is 10.0 Å². The SMILES string of the molecule is CCCN1CCc2c(sc(NC(=O)c3ccc(S(=O)(=O)N4COCC4(C)C)cc3)c2C(=O)NC(=O)OCC)C1. The van der Waals surface area contributed by atoms with Gasteiger partial charge in [-0.25, -0.2) is 13.2 Å². The molecule has 3 heterocycles. The number of carbonyl (C=O) groups is 3. The van der Waals surface area contributed by atoms with Crippen LogP contribution in [0, 0.1) is 0 Å². The van der Waals surface area contributed by atoms with E-state index in [-0.39, 0.29) is 29.4 Å².